The Labute approximate surface area is 146 Å². The van der Waals surface area contributed by atoms with E-state index in [2.05, 4.69) is 5.32 Å². The third kappa shape index (κ3) is 4.86. The SMILES string of the molecule is NCCCCCC(=O)N1C(=O)N[C@@H]2CS[C@H](CCCCC(=O)O)[C@@H]21. The van der Waals surface area contributed by atoms with Gasteiger partial charge in [-0.15, -0.1) is 0 Å². The first-order valence-electron chi connectivity index (χ1n) is 8.70. The van der Waals surface area contributed by atoms with Crippen LogP contribution in [-0.2, 0) is 9.59 Å². The van der Waals surface area contributed by atoms with E-state index >= 15 is 0 Å². The standard InChI is InChI=1S/C16H27N3O4S/c17-9-5-1-2-7-13(20)19-15-11(18-16(19)23)10-24-12(15)6-3-4-8-14(21)22/h11-12,15H,1-10,17H2,(H,18,23)(H,21,22)/t11-,12-,15-/m1/s1. The largest absolute Gasteiger partial charge is 0.481 e. The Morgan fingerprint density at radius 2 is 1.96 bits per heavy atom. The van der Waals surface area contributed by atoms with E-state index in [4.69, 9.17) is 10.8 Å². The number of rotatable bonds is 10. The minimum Gasteiger partial charge on any atom is -0.481 e. The second-order valence-electron chi connectivity index (χ2n) is 6.42. The molecule has 2 aliphatic heterocycles. The number of carbonyl (C=O) groups excluding carboxylic acids is 2. The Morgan fingerprint density at radius 3 is 2.67 bits per heavy atom. The number of hydrogen-bond donors (Lipinski definition) is 3. The molecule has 136 valence electrons. The van der Waals surface area contributed by atoms with E-state index in [9.17, 15) is 14.4 Å². The number of aliphatic carboxylic acids is 1. The van der Waals surface area contributed by atoms with Crippen LogP contribution in [0.4, 0.5) is 4.79 Å². The first-order chi connectivity index (χ1) is 11.5. The van der Waals surface area contributed by atoms with Gasteiger partial charge >= 0.3 is 12.0 Å². The lowest BCUT2D eigenvalue weighted by Crippen LogP contribution is -2.44. The molecule has 3 atom stereocenters. The quantitative estimate of drug-likeness (QED) is 0.404. The Kier molecular flexibility index (Phi) is 7.36. The molecule has 2 fully saturated rings. The zero-order chi connectivity index (χ0) is 17.5. The molecule has 2 saturated heterocycles. The maximum Gasteiger partial charge on any atom is 0.324 e. The van der Waals surface area contributed by atoms with Crippen LogP contribution in [0.2, 0.25) is 0 Å². The fourth-order valence-electron chi connectivity index (χ4n) is 3.39. The maximum atomic E-state index is 12.5. The molecule has 0 aliphatic carbocycles. The van der Waals surface area contributed by atoms with E-state index in [1.54, 1.807) is 11.8 Å². The van der Waals surface area contributed by atoms with Crippen molar-refractivity contribution in [1.29, 1.82) is 0 Å². The zero-order valence-corrected chi connectivity index (χ0v) is 14.7. The van der Waals surface area contributed by atoms with Crippen LogP contribution in [0.5, 0.6) is 0 Å². The van der Waals surface area contributed by atoms with Gasteiger partial charge in [-0.25, -0.2) is 4.79 Å². The fraction of sp³-hybridized carbons (Fsp3) is 0.812. The lowest BCUT2D eigenvalue weighted by molar-refractivity contribution is -0.137. The van der Waals surface area contributed by atoms with E-state index in [0.717, 1.165) is 37.9 Å². The predicted octanol–water partition coefficient (Wildman–Crippen LogP) is 1.55. The summed E-state index contributed by atoms with van der Waals surface area (Å²) in [5.74, 6) is -0.0641. The van der Waals surface area contributed by atoms with Gasteiger partial charge in [0, 0.05) is 23.8 Å². The predicted molar refractivity (Wildman–Crippen MR) is 92.8 cm³/mol. The highest BCUT2D eigenvalue weighted by atomic mass is 32.2. The third-order valence-electron chi connectivity index (χ3n) is 4.60. The number of urea groups is 1. The molecule has 0 spiro atoms. The van der Waals surface area contributed by atoms with Crippen molar-refractivity contribution in [2.24, 2.45) is 5.73 Å². The van der Waals surface area contributed by atoms with Crippen molar-refractivity contribution >= 4 is 29.7 Å². The lowest BCUT2D eigenvalue weighted by atomic mass is 10.0. The number of carboxylic acids is 1. The van der Waals surface area contributed by atoms with Gasteiger partial charge in [0.2, 0.25) is 5.91 Å². The Balaban J connectivity index is 1.86. The van der Waals surface area contributed by atoms with Gasteiger partial charge in [0.25, 0.3) is 0 Å². The molecule has 0 saturated carbocycles. The molecule has 0 unspecified atom stereocenters. The summed E-state index contributed by atoms with van der Waals surface area (Å²) in [5, 5.41) is 11.8. The molecular formula is C16H27N3O4S. The number of nitrogens with two attached hydrogens (primary N) is 1. The molecule has 8 heteroatoms. The van der Waals surface area contributed by atoms with Crippen molar-refractivity contribution in [3.05, 3.63) is 0 Å². The van der Waals surface area contributed by atoms with Crippen molar-refractivity contribution in [2.45, 2.75) is 68.7 Å². The van der Waals surface area contributed by atoms with Crippen LogP contribution in [0, 0.1) is 0 Å². The van der Waals surface area contributed by atoms with Gasteiger partial charge in [-0.3, -0.25) is 14.5 Å². The molecule has 2 rings (SSSR count). The first kappa shape index (κ1) is 19.1. The zero-order valence-electron chi connectivity index (χ0n) is 13.9. The number of unbranched alkanes of at least 4 members (excludes halogenated alkanes) is 3. The number of carboxylic acid groups (broad SMARTS) is 1. The highest BCUT2D eigenvalue weighted by Gasteiger charge is 2.50. The minimum atomic E-state index is -0.779. The summed E-state index contributed by atoms with van der Waals surface area (Å²) in [4.78, 5) is 36.7. The van der Waals surface area contributed by atoms with Gasteiger partial charge < -0.3 is 16.2 Å². The summed E-state index contributed by atoms with van der Waals surface area (Å²) in [6.07, 6.45) is 5.39. The lowest BCUT2D eigenvalue weighted by Gasteiger charge is -2.25. The highest BCUT2D eigenvalue weighted by molar-refractivity contribution is 8.00. The topological polar surface area (TPSA) is 113 Å². The summed E-state index contributed by atoms with van der Waals surface area (Å²) in [5.41, 5.74) is 5.46. The van der Waals surface area contributed by atoms with Gasteiger partial charge in [0.15, 0.2) is 0 Å². The van der Waals surface area contributed by atoms with Crippen LogP contribution in [0.15, 0.2) is 0 Å². The van der Waals surface area contributed by atoms with E-state index in [0.29, 0.717) is 19.4 Å². The molecule has 0 radical (unpaired) electrons. The third-order valence-corrected chi connectivity index (χ3v) is 6.10. The number of imide groups is 1. The molecule has 2 heterocycles. The van der Waals surface area contributed by atoms with Crippen LogP contribution in [0.3, 0.4) is 0 Å². The molecular weight excluding hydrogens is 330 g/mol. The number of thioether (sulfide) groups is 1. The summed E-state index contributed by atoms with van der Waals surface area (Å²) in [6, 6.07) is -0.334. The molecule has 0 aromatic rings. The number of nitrogens with zero attached hydrogens (tertiary/aromatic N) is 1. The van der Waals surface area contributed by atoms with Crippen molar-refractivity contribution in [3.8, 4) is 0 Å². The maximum absolute atomic E-state index is 12.5. The molecule has 0 aromatic heterocycles. The minimum absolute atomic E-state index is 0.0277. The normalized spacial score (nSPS) is 25.6. The van der Waals surface area contributed by atoms with Crippen molar-refractivity contribution in [3.63, 3.8) is 0 Å². The van der Waals surface area contributed by atoms with E-state index in [-0.39, 0.29) is 35.7 Å². The first-order valence-corrected chi connectivity index (χ1v) is 9.75. The molecule has 2 aliphatic rings. The Bertz CT molecular complexity index is 474. The number of amides is 3. The van der Waals surface area contributed by atoms with Crippen LogP contribution < -0.4 is 11.1 Å². The van der Waals surface area contributed by atoms with Crippen LogP contribution in [0.25, 0.3) is 0 Å². The van der Waals surface area contributed by atoms with Gasteiger partial charge in [0.1, 0.15) is 0 Å². The Morgan fingerprint density at radius 1 is 1.21 bits per heavy atom. The van der Waals surface area contributed by atoms with Crippen LogP contribution >= 0.6 is 11.8 Å². The summed E-state index contributed by atoms with van der Waals surface area (Å²) < 4.78 is 0. The highest BCUT2D eigenvalue weighted by Crippen LogP contribution is 2.37. The molecule has 24 heavy (non-hydrogen) atoms. The van der Waals surface area contributed by atoms with E-state index < -0.39 is 5.97 Å². The number of carbonyl (C=O) groups is 3. The number of fused-ring (bicyclic) bond motifs is 1. The average molecular weight is 357 g/mol. The number of hydrogen-bond acceptors (Lipinski definition) is 5. The molecule has 0 aromatic carbocycles. The molecule has 3 amide bonds. The van der Waals surface area contributed by atoms with Gasteiger partial charge in [0.05, 0.1) is 12.1 Å². The summed E-state index contributed by atoms with van der Waals surface area (Å²) in [7, 11) is 0. The summed E-state index contributed by atoms with van der Waals surface area (Å²) >= 11 is 1.78. The van der Waals surface area contributed by atoms with Crippen LogP contribution in [-0.4, -0.2) is 57.5 Å². The van der Waals surface area contributed by atoms with Gasteiger partial charge in [-0.05, 0) is 32.2 Å². The van der Waals surface area contributed by atoms with Crippen molar-refractivity contribution in [2.75, 3.05) is 12.3 Å². The smallest absolute Gasteiger partial charge is 0.324 e. The molecule has 0 bridgehead atoms. The summed E-state index contributed by atoms with van der Waals surface area (Å²) in [6.45, 7) is 0.623. The van der Waals surface area contributed by atoms with Gasteiger partial charge in [-0.2, -0.15) is 11.8 Å². The molecule has 4 N–H and O–H groups in total. The number of nitrogens with one attached hydrogen (secondary N) is 1. The van der Waals surface area contributed by atoms with E-state index in [1.165, 1.54) is 4.90 Å². The molecule has 7 nitrogen and oxygen atoms in total. The van der Waals surface area contributed by atoms with Crippen LogP contribution in [0.1, 0.15) is 51.4 Å². The van der Waals surface area contributed by atoms with Crippen molar-refractivity contribution < 1.29 is 19.5 Å². The van der Waals surface area contributed by atoms with Gasteiger partial charge in [-0.1, -0.05) is 12.8 Å². The monoisotopic (exact) mass is 357 g/mol. The average Bonchev–Trinajstić information content (AvgIpc) is 3.06. The van der Waals surface area contributed by atoms with Crippen molar-refractivity contribution in [1.82, 2.24) is 10.2 Å². The van der Waals surface area contributed by atoms with E-state index in [1.807, 2.05) is 0 Å². The second-order valence-corrected chi connectivity index (χ2v) is 7.69. The Hall–Kier alpha value is -1.28. The second kappa shape index (κ2) is 9.27. The fourth-order valence-corrected chi connectivity index (χ4v) is 4.97.